The second kappa shape index (κ2) is 8.47. The van der Waals surface area contributed by atoms with E-state index in [9.17, 15) is 9.59 Å². The van der Waals surface area contributed by atoms with Crippen molar-refractivity contribution in [3.05, 3.63) is 59.2 Å². The molecule has 0 atom stereocenters. The molecule has 0 unspecified atom stereocenters. The molecule has 0 radical (unpaired) electrons. The third-order valence-electron chi connectivity index (χ3n) is 4.24. The van der Waals surface area contributed by atoms with E-state index in [2.05, 4.69) is 12.2 Å². The lowest BCUT2D eigenvalue weighted by Gasteiger charge is -2.23. The average Bonchev–Trinajstić information content (AvgIpc) is 2.58. The van der Waals surface area contributed by atoms with Crippen LogP contribution in [0.1, 0.15) is 37.0 Å². The quantitative estimate of drug-likeness (QED) is 0.856. The fourth-order valence-electron chi connectivity index (χ4n) is 2.72. The van der Waals surface area contributed by atoms with Crippen molar-refractivity contribution in [1.82, 2.24) is 0 Å². The van der Waals surface area contributed by atoms with Gasteiger partial charge in [-0.15, -0.1) is 0 Å². The van der Waals surface area contributed by atoms with E-state index in [1.54, 1.807) is 4.90 Å². The molecule has 25 heavy (non-hydrogen) atoms. The molecular formula is C21H26N2O2. The number of anilines is 2. The molecule has 0 spiro atoms. The molecule has 0 aliphatic heterocycles. The lowest BCUT2D eigenvalue weighted by Crippen LogP contribution is -2.32. The predicted molar refractivity (Wildman–Crippen MR) is 103 cm³/mol. The van der Waals surface area contributed by atoms with Gasteiger partial charge in [0, 0.05) is 31.3 Å². The molecule has 0 saturated heterocycles. The van der Waals surface area contributed by atoms with Crippen LogP contribution in [0, 0.1) is 13.8 Å². The summed E-state index contributed by atoms with van der Waals surface area (Å²) < 4.78 is 0. The minimum absolute atomic E-state index is 0.0613. The maximum absolute atomic E-state index is 12.2. The van der Waals surface area contributed by atoms with Crippen molar-refractivity contribution in [2.75, 3.05) is 16.8 Å². The Kier molecular flexibility index (Phi) is 6.34. The minimum Gasteiger partial charge on any atom is -0.326 e. The maximum Gasteiger partial charge on any atom is 0.226 e. The Labute approximate surface area is 149 Å². The second-order valence-corrected chi connectivity index (χ2v) is 6.31. The van der Waals surface area contributed by atoms with Gasteiger partial charge < -0.3 is 10.2 Å². The summed E-state index contributed by atoms with van der Waals surface area (Å²) in [6.45, 7) is 7.95. The number of aryl methyl sites for hydroxylation is 3. The highest BCUT2D eigenvalue weighted by atomic mass is 16.2. The Morgan fingerprint density at radius 1 is 1.04 bits per heavy atom. The zero-order valence-corrected chi connectivity index (χ0v) is 15.4. The van der Waals surface area contributed by atoms with E-state index in [0.29, 0.717) is 6.54 Å². The molecule has 0 heterocycles. The number of carbonyl (C=O) groups excluding carboxylic acids is 2. The van der Waals surface area contributed by atoms with Gasteiger partial charge in [-0.2, -0.15) is 0 Å². The normalized spacial score (nSPS) is 10.4. The summed E-state index contributed by atoms with van der Waals surface area (Å²) in [5.74, 6) is -0.158. The van der Waals surface area contributed by atoms with Crippen LogP contribution in [0.5, 0.6) is 0 Å². The van der Waals surface area contributed by atoms with Gasteiger partial charge in [-0.05, 0) is 55.2 Å². The van der Waals surface area contributed by atoms with Gasteiger partial charge >= 0.3 is 0 Å². The van der Waals surface area contributed by atoms with Crippen molar-refractivity contribution in [2.24, 2.45) is 0 Å². The highest BCUT2D eigenvalue weighted by Gasteiger charge is 2.15. The highest BCUT2D eigenvalue weighted by molar-refractivity contribution is 5.95. The monoisotopic (exact) mass is 338 g/mol. The molecule has 2 amide bonds. The molecule has 132 valence electrons. The number of benzene rings is 2. The summed E-state index contributed by atoms with van der Waals surface area (Å²) in [6, 6.07) is 13.8. The van der Waals surface area contributed by atoms with Crippen LogP contribution in [0.15, 0.2) is 42.5 Å². The van der Waals surface area contributed by atoms with Gasteiger partial charge in [0.1, 0.15) is 0 Å². The van der Waals surface area contributed by atoms with Gasteiger partial charge in [0.2, 0.25) is 11.8 Å². The van der Waals surface area contributed by atoms with Gasteiger partial charge in [-0.25, -0.2) is 0 Å². The Bertz CT molecular complexity index is 751. The minimum atomic E-state index is -0.0965. The Hall–Kier alpha value is -2.62. The fraction of sp³-hybridized carbons (Fsp3) is 0.333. The molecule has 1 N–H and O–H groups in total. The van der Waals surface area contributed by atoms with Crippen LogP contribution in [0.25, 0.3) is 0 Å². The van der Waals surface area contributed by atoms with E-state index in [1.165, 1.54) is 12.5 Å². The van der Waals surface area contributed by atoms with Gasteiger partial charge in [0.25, 0.3) is 0 Å². The van der Waals surface area contributed by atoms with Crippen molar-refractivity contribution in [1.29, 1.82) is 0 Å². The first-order valence-corrected chi connectivity index (χ1v) is 8.65. The highest BCUT2D eigenvalue weighted by Crippen LogP contribution is 2.22. The molecule has 0 aliphatic rings. The lowest BCUT2D eigenvalue weighted by molar-refractivity contribution is -0.117. The van der Waals surface area contributed by atoms with Crippen LogP contribution in [0.4, 0.5) is 11.4 Å². The maximum atomic E-state index is 12.2. The third kappa shape index (κ3) is 5.18. The zero-order chi connectivity index (χ0) is 18.4. The SMILES string of the molecule is CCc1ccc(NC(=O)CCN(C(C)=O)c2cc(C)ccc2C)cc1. The fourth-order valence-corrected chi connectivity index (χ4v) is 2.72. The number of rotatable bonds is 6. The molecule has 0 aromatic heterocycles. The molecule has 2 aromatic rings. The molecule has 2 rings (SSSR count). The van der Waals surface area contributed by atoms with Crippen molar-refractivity contribution in [3.63, 3.8) is 0 Å². The number of nitrogens with zero attached hydrogens (tertiary/aromatic N) is 1. The standard InChI is InChI=1S/C21H26N2O2/c1-5-18-8-10-19(11-9-18)22-21(25)12-13-23(17(4)24)20-14-15(2)6-7-16(20)3/h6-11,14H,5,12-13H2,1-4H3,(H,22,25). The summed E-state index contributed by atoms with van der Waals surface area (Å²) in [5, 5.41) is 2.89. The van der Waals surface area contributed by atoms with Gasteiger partial charge in [-0.1, -0.05) is 31.2 Å². The number of hydrogen-bond donors (Lipinski definition) is 1. The largest absolute Gasteiger partial charge is 0.326 e. The van der Waals surface area contributed by atoms with E-state index in [4.69, 9.17) is 0 Å². The predicted octanol–water partition coefficient (Wildman–Crippen LogP) is 4.25. The van der Waals surface area contributed by atoms with Crippen LogP contribution in [-0.2, 0) is 16.0 Å². The Morgan fingerprint density at radius 2 is 1.72 bits per heavy atom. The first-order chi connectivity index (χ1) is 11.9. The zero-order valence-electron chi connectivity index (χ0n) is 15.4. The van der Waals surface area contributed by atoms with Crippen LogP contribution in [0.2, 0.25) is 0 Å². The summed E-state index contributed by atoms with van der Waals surface area (Å²) in [4.78, 5) is 25.9. The van der Waals surface area contributed by atoms with E-state index in [-0.39, 0.29) is 18.2 Å². The van der Waals surface area contributed by atoms with E-state index in [0.717, 1.165) is 28.9 Å². The molecule has 4 nitrogen and oxygen atoms in total. The van der Waals surface area contributed by atoms with Gasteiger partial charge in [-0.3, -0.25) is 9.59 Å². The van der Waals surface area contributed by atoms with Crippen molar-refractivity contribution in [3.8, 4) is 0 Å². The Balaban J connectivity index is 2.01. The third-order valence-corrected chi connectivity index (χ3v) is 4.24. The summed E-state index contributed by atoms with van der Waals surface area (Å²) in [7, 11) is 0. The second-order valence-electron chi connectivity index (χ2n) is 6.31. The van der Waals surface area contributed by atoms with Crippen molar-refractivity contribution >= 4 is 23.2 Å². The van der Waals surface area contributed by atoms with Crippen LogP contribution >= 0.6 is 0 Å². The molecular weight excluding hydrogens is 312 g/mol. The van der Waals surface area contributed by atoms with Crippen LogP contribution < -0.4 is 10.2 Å². The first-order valence-electron chi connectivity index (χ1n) is 8.65. The molecule has 4 heteroatoms. The van der Waals surface area contributed by atoms with E-state index < -0.39 is 0 Å². The van der Waals surface area contributed by atoms with Gasteiger partial charge in [0.05, 0.1) is 0 Å². The van der Waals surface area contributed by atoms with Crippen molar-refractivity contribution < 1.29 is 9.59 Å². The molecule has 0 saturated carbocycles. The number of amides is 2. The molecule has 0 fully saturated rings. The van der Waals surface area contributed by atoms with Crippen LogP contribution in [0.3, 0.4) is 0 Å². The van der Waals surface area contributed by atoms with E-state index >= 15 is 0 Å². The average molecular weight is 338 g/mol. The number of nitrogens with one attached hydrogen (secondary N) is 1. The summed E-state index contributed by atoms with van der Waals surface area (Å²) in [5.41, 5.74) is 5.00. The summed E-state index contributed by atoms with van der Waals surface area (Å²) >= 11 is 0. The Morgan fingerprint density at radius 3 is 2.32 bits per heavy atom. The number of carbonyl (C=O) groups is 2. The topological polar surface area (TPSA) is 49.4 Å². The molecule has 0 aliphatic carbocycles. The number of hydrogen-bond acceptors (Lipinski definition) is 2. The van der Waals surface area contributed by atoms with E-state index in [1.807, 2.05) is 56.3 Å². The molecule has 0 bridgehead atoms. The van der Waals surface area contributed by atoms with Crippen molar-refractivity contribution in [2.45, 2.75) is 40.5 Å². The van der Waals surface area contributed by atoms with Crippen LogP contribution in [-0.4, -0.2) is 18.4 Å². The molecule has 2 aromatic carbocycles. The smallest absolute Gasteiger partial charge is 0.226 e. The first kappa shape index (κ1) is 18.7. The summed E-state index contributed by atoms with van der Waals surface area (Å²) in [6.07, 6.45) is 1.22. The van der Waals surface area contributed by atoms with Gasteiger partial charge in [0.15, 0.2) is 0 Å². The lowest BCUT2D eigenvalue weighted by atomic mass is 10.1.